The Morgan fingerprint density at radius 3 is 2.11 bits per heavy atom. The second kappa shape index (κ2) is 6.84. The fourth-order valence-electron chi connectivity index (χ4n) is 1.60. The summed E-state index contributed by atoms with van der Waals surface area (Å²) in [5.74, 6) is 0.704. The minimum Gasteiger partial charge on any atom is -0.493 e. The molecule has 0 aliphatic heterocycles. The van der Waals surface area contributed by atoms with Crippen molar-refractivity contribution in [3.8, 4) is 17.2 Å². The van der Waals surface area contributed by atoms with Gasteiger partial charge in [0.1, 0.15) is 6.04 Å². The van der Waals surface area contributed by atoms with Gasteiger partial charge in [0, 0.05) is 6.54 Å². The van der Waals surface area contributed by atoms with E-state index in [0.717, 1.165) is 5.56 Å². The molecule has 0 fully saturated rings. The Morgan fingerprint density at radius 1 is 1.21 bits per heavy atom. The third kappa shape index (κ3) is 3.75. The zero-order chi connectivity index (χ0) is 14.4. The molecule has 0 saturated heterocycles. The number of aliphatic carboxylic acids is 1. The fourth-order valence-corrected chi connectivity index (χ4v) is 1.60. The maximum atomic E-state index is 10.7. The monoisotopic (exact) mass is 269 g/mol. The molecule has 1 aromatic rings. The highest BCUT2D eigenvalue weighted by molar-refractivity contribution is 5.72. The molecule has 0 spiro atoms. The van der Waals surface area contributed by atoms with Crippen LogP contribution in [0.15, 0.2) is 12.1 Å². The largest absolute Gasteiger partial charge is 0.493 e. The number of methoxy groups -OCH3 is 3. The summed E-state index contributed by atoms with van der Waals surface area (Å²) in [4.78, 5) is 10.7. The van der Waals surface area contributed by atoms with Gasteiger partial charge in [-0.2, -0.15) is 0 Å². The number of ether oxygens (including phenoxy) is 3. The van der Waals surface area contributed by atoms with Crippen LogP contribution in [-0.4, -0.2) is 38.4 Å². The van der Waals surface area contributed by atoms with Crippen molar-refractivity contribution in [3.63, 3.8) is 0 Å². The van der Waals surface area contributed by atoms with Gasteiger partial charge in [0.2, 0.25) is 5.75 Å². The molecule has 1 unspecified atom stereocenters. The van der Waals surface area contributed by atoms with E-state index >= 15 is 0 Å². The first-order valence-electron chi connectivity index (χ1n) is 5.78. The molecule has 1 rings (SSSR count). The summed E-state index contributed by atoms with van der Waals surface area (Å²) in [6.07, 6.45) is 0. The molecule has 0 amide bonds. The van der Waals surface area contributed by atoms with E-state index in [0.29, 0.717) is 23.8 Å². The van der Waals surface area contributed by atoms with Gasteiger partial charge >= 0.3 is 5.97 Å². The fraction of sp³-hybridized carbons (Fsp3) is 0.462. The Kier molecular flexibility index (Phi) is 5.44. The Hall–Kier alpha value is -1.95. The molecule has 0 aliphatic rings. The van der Waals surface area contributed by atoms with Crippen molar-refractivity contribution in [2.24, 2.45) is 0 Å². The normalized spacial score (nSPS) is 11.8. The number of carboxylic acid groups (broad SMARTS) is 1. The zero-order valence-corrected chi connectivity index (χ0v) is 11.5. The van der Waals surface area contributed by atoms with Crippen molar-refractivity contribution < 1.29 is 24.1 Å². The summed E-state index contributed by atoms with van der Waals surface area (Å²) in [5, 5.41) is 11.7. The Morgan fingerprint density at radius 2 is 1.74 bits per heavy atom. The molecule has 19 heavy (non-hydrogen) atoms. The molecule has 106 valence electrons. The first-order valence-corrected chi connectivity index (χ1v) is 5.78. The molecule has 0 heterocycles. The maximum absolute atomic E-state index is 10.7. The van der Waals surface area contributed by atoms with Gasteiger partial charge in [0.15, 0.2) is 11.5 Å². The summed E-state index contributed by atoms with van der Waals surface area (Å²) in [6.45, 7) is 1.98. The number of benzene rings is 1. The van der Waals surface area contributed by atoms with Crippen molar-refractivity contribution in [2.75, 3.05) is 21.3 Å². The van der Waals surface area contributed by atoms with E-state index in [1.165, 1.54) is 21.3 Å². The van der Waals surface area contributed by atoms with Crippen LogP contribution < -0.4 is 19.5 Å². The van der Waals surface area contributed by atoms with Gasteiger partial charge in [-0.3, -0.25) is 4.79 Å². The number of nitrogens with one attached hydrogen (secondary N) is 1. The Labute approximate surface area is 112 Å². The van der Waals surface area contributed by atoms with Crippen molar-refractivity contribution in [3.05, 3.63) is 17.7 Å². The zero-order valence-electron chi connectivity index (χ0n) is 11.5. The third-order valence-corrected chi connectivity index (χ3v) is 2.71. The molecule has 6 heteroatoms. The lowest BCUT2D eigenvalue weighted by molar-refractivity contribution is -0.139. The van der Waals surface area contributed by atoms with Crippen LogP contribution >= 0.6 is 0 Å². The van der Waals surface area contributed by atoms with E-state index in [2.05, 4.69) is 5.32 Å². The number of rotatable bonds is 7. The number of carboxylic acids is 1. The molecule has 0 saturated carbocycles. The van der Waals surface area contributed by atoms with Crippen LogP contribution in [0.5, 0.6) is 17.2 Å². The van der Waals surface area contributed by atoms with Gasteiger partial charge in [-0.15, -0.1) is 0 Å². The highest BCUT2D eigenvalue weighted by Gasteiger charge is 2.14. The third-order valence-electron chi connectivity index (χ3n) is 2.71. The van der Waals surface area contributed by atoms with Crippen LogP contribution in [0.2, 0.25) is 0 Å². The summed E-state index contributed by atoms with van der Waals surface area (Å²) in [6, 6.07) is 2.94. The van der Waals surface area contributed by atoms with Crippen molar-refractivity contribution >= 4 is 5.97 Å². The van der Waals surface area contributed by atoms with Gasteiger partial charge < -0.3 is 24.6 Å². The molecule has 0 aromatic heterocycles. The van der Waals surface area contributed by atoms with Gasteiger partial charge in [0.25, 0.3) is 0 Å². The van der Waals surface area contributed by atoms with Gasteiger partial charge in [0.05, 0.1) is 21.3 Å². The molecule has 2 N–H and O–H groups in total. The van der Waals surface area contributed by atoms with Crippen LogP contribution in [-0.2, 0) is 11.3 Å². The number of hydrogen-bond donors (Lipinski definition) is 2. The second-order valence-electron chi connectivity index (χ2n) is 3.97. The van der Waals surface area contributed by atoms with E-state index in [-0.39, 0.29) is 0 Å². The van der Waals surface area contributed by atoms with Gasteiger partial charge in [-0.05, 0) is 24.6 Å². The molecule has 0 radical (unpaired) electrons. The van der Waals surface area contributed by atoms with Gasteiger partial charge in [-0.1, -0.05) is 0 Å². The predicted octanol–water partition coefficient (Wildman–Crippen LogP) is 1.28. The molecule has 6 nitrogen and oxygen atoms in total. The van der Waals surface area contributed by atoms with Crippen LogP contribution in [0.3, 0.4) is 0 Å². The summed E-state index contributed by atoms with van der Waals surface area (Å²) in [7, 11) is 4.60. The summed E-state index contributed by atoms with van der Waals surface area (Å²) in [5.41, 5.74) is 0.850. The topological polar surface area (TPSA) is 77.0 Å². The number of carbonyl (C=O) groups is 1. The van der Waals surface area contributed by atoms with Crippen molar-refractivity contribution in [2.45, 2.75) is 19.5 Å². The first-order chi connectivity index (χ1) is 9.03. The molecule has 0 aliphatic carbocycles. The van der Waals surface area contributed by atoms with E-state index in [1.807, 2.05) is 0 Å². The predicted molar refractivity (Wildman–Crippen MR) is 70.0 cm³/mol. The standard InChI is InChI=1S/C13H19NO5/c1-8(13(15)16)14-7-9-5-10(17-2)12(19-4)11(6-9)18-3/h5-6,8,14H,7H2,1-4H3,(H,15,16). The highest BCUT2D eigenvalue weighted by Crippen LogP contribution is 2.38. The Balaban J connectivity index is 2.93. The smallest absolute Gasteiger partial charge is 0.320 e. The van der Waals surface area contributed by atoms with Crippen molar-refractivity contribution in [1.29, 1.82) is 0 Å². The lowest BCUT2D eigenvalue weighted by Crippen LogP contribution is -2.33. The maximum Gasteiger partial charge on any atom is 0.320 e. The van der Waals surface area contributed by atoms with Crippen LogP contribution in [0.25, 0.3) is 0 Å². The minimum absolute atomic E-state index is 0.393. The van der Waals surface area contributed by atoms with E-state index in [4.69, 9.17) is 19.3 Å². The molecule has 0 bridgehead atoms. The van der Waals surface area contributed by atoms with Crippen molar-refractivity contribution in [1.82, 2.24) is 5.32 Å². The van der Waals surface area contributed by atoms with E-state index in [1.54, 1.807) is 19.1 Å². The molecular formula is C13H19NO5. The summed E-state index contributed by atoms with van der Waals surface area (Å²) < 4.78 is 15.7. The average Bonchev–Trinajstić information content (AvgIpc) is 2.42. The second-order valence-corrected chi connectivity index (χ2v) is 3.97. The van der Waals surface area contributed by atoms with Crippen LogP contribution in [0, 0.1) is 0 Å². The molecule has 1 atom stereocenters. The minimum atomic E-state index is -0.896. The SMILES string of the molecule is COc1cc(CNC(C)C(=O)O)cc(OC)c1OC. The van der Waals surface area contributed by atoms with E-state index in [9.17, 15) is 4.79 Å². The lowest BCUT2D eigenvalue weighted by Gasteiger charge is -2.15. The molecule has 1 aromatic carbocycles. The van der Waals surface area contributed by atoms with Gasteiger partial charge in [-0.25, -0.2) is 0 Å². The summed E-state index contributed by atoms with van der Waals surface area (Å²) >= 11 is 0. The van der Waals surface area contributed by atoms with E-state index < -0.39 is 12.0 Å². The quantitative estimate of drug-likeness (QED) is 0.776. The molecular weight excluding hydrogens is 250 g/mol. The van der Waals surface area contributed by atoms with Crippen LogP contribution in [0.1, 0.15) is 12.5 Å². The lowest BCUT2D eigenvalue weighted by atomic mass is 10.1. The average molecular weight is 269 g/mol. The number of hydrogen-bond acceptors (Lipinski definition) is 5. The van der Waals surface area contributed by atoms with Crippen LogP contribution in [0.4, 0.5) is 0 Å². The highest BCUT2D eigenvalue weighted by atomic mass is 16.5. The Bertz CT molecular complexity index is 422. The first kappa shape index (κ1) is 15.1.